The summed E-state index contributed by atoms with van der Waals surface area (Å²) in [6, 6.07) is 0.319. The van der Waals surface area contributed by atoms with Crippen LogP contribution < -0.4 is 0 Å². The average molecular weight is 155 g/mol. The molecule has 0 bridgehead atoms. The number of nitrogens with zero attached hydrogens (tertiary/aromatic N) is 3. The van der Waals surface area contributed by atoms with E-state index in [0.29, 0.717) is 12.5 Å². The molecule has 4 heteroatoms. The molecule has 4 nitrogen and oxygen atoms in total. The van der Waals surface area contributed by atoms with Crippen molar-refractivity contribution in [1.82, 2.24) is 14.8 Å². The minimum Gasteiger partial charge on any atom is -0.396 e. The zero-order valence-corrected chi connectivity index (χ0v) is 6.86. The summed E-state index contributed by atoms with van der Waals surface area (Å²) in [7, 11) is 0. The van der Waals surface area contributed by atoms with Gasteiger partial charge in [0.2, 0.25) is 0 Å². The second-order valence-electron chi connectivity index (χ2n) is 2.69. The minimum atomic E-state index is 0.130. The van der Waals surface area contributed by atoms with Crippen LogP contribution in [0, 0.1) is 0 Å². The number of hydrogen-bond donors (Lipinski definition) is 1. The monoisotopic (exact) mass is 155 g/mol. The van der Waals surface area contributed by atoms with E-state index in [1.165, 1.54) is 6.33 Å². The zero-order chi connectivity index (χ0) is 8.27. The van der Waals surface area contributed by atoms with Crippen molar-refractivity contribution in [3.8, 4) is 0 Å². The molecular weight excluding hydrogens is 142 g/mol. The fraction of sp³-hybridized carbons (Fsp3) is 0.714. The van der Waals surface area contributed by atoms with Crippen molar-refractivity contribution in [2.75, 3.05) is 6.61 Å². The Hall–Kier alpha value is -0.900. The molecule has 0 unspecified atom stereocenters. The average Bonchev–Trinajstić information content (AvgIpc) is 2.36. The first kappa shape index (κ1) is 8.20. The third-order valence-corrected chi connectivity index (χ3v) is 1.47. The third kappa shape index (κ3) is 1.77. The lowest BCUT2D eigenvalue weighted by molar-refractivity contribution is 0.292. The van der Waals surface area contributed by atoms with E-state index in [0.717, 1.165) is 5.82 Å². The highest BCUT2D eigenvalue weighted by Crippen LogP contribution is 2.04. The van der Waals surface area contributed by atoms with Crippen LogP contribution in [0.15, 0.2) is 6.33 Å². The smallest absolute Gasteiger partial charge is 0.138 e. The van der Waals surface area contributed by atoms with Crippen molar-refractivity contribution in [2.24, 2.45) is 0 Å². The second kappa shape index (κ2) is 3.48. The number of hydrogen-bond acceptors (Lipinski definition) is 3. The Morgan fingerprint density at radius 2 is 2.36 bits per heavy atom. The molecule has 0 aliphatic heterocycles. The topological polar surface area (TPSA) is 50.9 Å². The molecule has 0 fully saturated rings. The van der Waals surface area contributed by atoms with Gasteiger partial charge in [0.1, 0.15) is 12.2 Å². The SMILES string of the molecule is CC(C)n1ncnc1CCO. The molecule has 0 aliphatic rings. The molecule has 1 aromatic heterocycles. The summed E-state index contributed by atoms with van der Waals surface area (Å²) in [5, 5.41) is 12.7. The molecular formula is C7H13N3O. The van der Waals surface area contributed by atoms with E-state index in [2.05, 4.69) is 10.1 Å². The summed E-state index contributed by atoms with van der Waals surface area (Å²) in [5.41, 5.74) is 0. The van der Waals surface area contributed by atoms with Gasteiger partial charge in [-0.2, -0.15) is 5.10 Å². The first-order valence-corrected chi connectivity index (χ1v) is 3.75. The molecule has 1 rings (SSSR count). The largest absolute Gasteiger partial charge is 0.396 e. The Kier molecular flexibility index (Phi) is 2.59. The van der Waals surface area contributed by atoms with Crippen LogP contribution in [-0.2, 0) is 6.42 Å². The van der Waals surface area contributed by atoms with Crippen LogP contribution in [0.2, 0.25) is 0 Å². The molecule has 0 aromatic carbocycles. The molecule has 1 heterocycles. The Balaban J connectivity index is 2.78. The molecule has 62 valence electrons. The van der Waals surface area contributed by atoms with Crippen LogP contribution in [0.5, 0.6) is 0 Å². The van der Waals surface area contributed by atoms with Gasteiger partial charge in [0.05, 0.1) is 6.61 Å². The Labute approximate surface area is 65.9 Å². The Morgan fingerprint density at radius 1 is 1.64 bits per heavy atom. The number of rotatable bonds is 3. The van der Waals surface area contributed by atoms with Gasteiger partial charge in [0.15, 0.2) is 0 Å². The van der Waals surface area contributed by atoms with E-state index in [1.54, 1.807) is 0 Å². The maximum atomic E-state index is 8.66. The van der Waals surface area contributed by atoms with E-state index in [9.17, 15) is 0 Å². The fourth-order valence-electron chi connectivity index (χ4n) is 0.984. The Morgan fingerprint density at radius 3 is 2.91 bits per heavy atom. The lowest BCUT2D eigenvalue weighted by Gasteiger charge is -2.07. The summed E-state index contributed by atoms with van der Waals surface area (Å²) in [4.78, 5) is 4.02. The van der Waals surface area contributed by atoms with E-state index >= 15 is 0 Å². The highest BCUT2D eigenvalue weighted by molar-refractivity contribution is 4.85. The van der Waals surface area contributed by atoms with Crippen LogP contribution in [0.3, 0.4) is 0 Å². The van der Waals surface area contributed by atoms with E-state index in [-0.39, 0.29) is 6.61 Å². The summed E-state index contributed by atoms with van der Waals surface area (Å²) in [6.07, 6.45) is 2.10. The molecule has 0 amide bonds. The van der Waals surface area contributed by atoms with E-state index < -0.39 is 0 Å². The highest BCUT2D eigenvalue weighted by atomic mass is 16.3. The van der Waals surface area contributed by atoms with Crippen molar-refractivity contribution < 1.29 is 5.11 Å². The maximum absolute atomic E-state index is 8.66. The summed E-state index contributed by atoms with van der Waals surface area (Å²) in [6.45, 7) is 4.20. The predicted molar refractivity (Wildman–Crippen MR) is 41.2 cm³/mol. The molecule has 0 radical (unpaired) electrons. The minimum absolute atomic E-state index is 0.130. The van der Waals surface area contributed by atoms with Crippen molar-refractivity contribution >= 4 is 0 Å². The van der Waals surface area contributed by atoms with Gasteiger partial charge in [-0.25, -0.2) is 9.67 Å². The summed E-state index contributed by atoms with van der Waals surface area (Å²) in [5.74, 6) is 0.850. The lowest BCUT2D eigenvalue weighted by atomic mass is 10.3. The van der Waals surface area contributed by atoms with Crippen LogP contribution in [0.4, 0.5) is 0 Å². The van der Waals surface area contributed by atoms with Gasteiger partial charge in [0, 0.05) is 12.5 Å². The predicted octanol–water partition coefficient (Wildman–Crippen LogP) is 0.394. The first-order valence-electron chi connectivity index (χ1n) is 3.75. The molecule has 0 atom stereocenters. The van der Waals surface area contributed by atoms with Crippen molar-refractivity contribution in [1.29, 1.82) is 0 Å². The normalized spacial score (nSPS) is 10.9. The van der Waals surface area contributed by atoms with Crippen molar-refractivity contribution in [2.45, 2.75) is 26.3 Å². The number of aliphatic hydroxyl groups is 1. The van der Waals surface area contributed by atoms with E-state index in [4.69, 9.17) is 5.11 Å². The first-order chi connectivity index (χ1) is 5.25. The molecule has 0 saturated carbocycles. The summed E-state index contributed by atoms with van der Waals surface area (Å²) >= 11 is 0. The van der Waals surface area contributed by atoms with Crippen LogP contribution >= 0.6 is 0 Å². The van der Waals surface area contributed by atoms with Crippen LogP contribution in [0.25, 0.3) is 0 Å². The Bertz CT molecular complexity index is 219. The summed E-state index contributed by atoms with van der Waals surface area (Å²) < 4.78 is 1.82. The number of aliphatic hydroxyl groups excluding tert-OH is 1. The fourth-order valence-corrected chi connectivity index (χ4v) is 0.984. The van der Waals surface area contributed by atoms with Gasteiger partial charge >= 0.3 is 0 Å². The third-order valence-electron chi connectivity index (χ3n) is 1.47. The standard InChI is InChI=1S/C7H13N3O/c1-6(2)10-7(3-4-11)8-5-9-10/h5-6,11H,3-4H2,1-2H3. The lowest BCUT2D eigenvalue weighted by Crippen LogP contribution is -2.09. The van der Waals surface area contributed by atoms with Gasteiger partial charge in [-0.15, -0.1) is 0 Å². The van der Waals surface area contributed by atoms with Crippen LogP contribution in [-0.4, -0.2) is 26.5 Å². The molecule has 11 heavy (non-hydrogen) atoms. The molecule has 1 N–H and O–H groups in total. The van der Waals surface area contributed by atoms with Crippen LogP contribution in [0.1, 0.15) is 25.7 Å². The van der Waals surface area contributed by atoms with Crippen molar-refractivity contribution in [3.05, 3.63) is 12.2 Å². The van der Waals surface area contributed by atoms with Gasteiger partial charge in [0.25, 0.3) is 0 Å². The zero-order valence-electron chi connectivity index (χ0n) is 6.86. The number of aromatic nitrogens is 3. The van der Waals surface area contributed by atoms with Gasteiger partial charge < -0.3 is 5.11 Å². The van der Waals surface area contributed by atoms with E-state index in [1.807, 2.05) is 18.5 Å². The van der Waals surface area contributed by atoms with Gasteiger partial charge in [-0.1, -0.05) is 0 Å². The van der Waals surface area contributed by atoms with Gasteiger partial charge in [-0.05, 0) is 13.8 Å². The molecule has 0 aliphatic carbocycles. The molecule has 0 spiro atoms. The molecule has 0 saturated heterocycles. The van der Waals surface area contributed by atoms with Crippen molar-refractivity contribution in [3.63, 3.8) is 0 Å². The maximum Gasteiger partial charge on any atom is 0.138 e. The molecule has 1 aromatic rings. The second-order valence-corrected chi connectivity index (χ2v) is 2.69. The highest BCUT2D eigenvalue weighted by Gasteiger charge is 2.05. The van der Waals surface area contributed by atoms with Gasteiger partial charge in [-0.3, -0.25) is 0 Å². The quantitative estimate of drug-likeness (QED) is 0.687.